The van der Waals surface area contributed by atoms with E-state index in [2.05, 4.69) is 35.0 Å². The van der Waals surface area contributed by atoms with E-state index in [1.54, 1.807) is 0 Å². The maximum absolute atomic E-state index is 12.1. The molecule has 1 unspecified atom stereocenters. The summed E-state index contributed by atoms with van der Waals surface area (Å²) in [6, 6.07) is 8.29. The number of aryl methyl sites for hydroxylation is 1. The molecule has 1 saturated heterocycles. The van der Waals surface area contributed by atoms with Crippen LogP contribution < -0.4 is 5.32 Å². The second-order valence-corrected chi connectivity index (χ2v) is 6.77. The van der Waals surface area contributed by atoms with Crippen LogP contribution >= 0.6 is 0 Å². The van der Waals surface area contributed by atoms with Crippen LogP contribution in [0.1, 0.15) is 51.3 Å². The van der Waals surface area contributed by atoms with Gasteiger partial charge in [0.05, 0.1) is 11.0 Å². The predicted molar refractivity (Wildman–Crippen MR) is 99.6 cm³/mol. The molecule has 1 aromatic carbocycles. The summed E-state index contributed by atoms with van der Waals surface area (Å²) in [5, 5.41) is 3.00. The van der Waals surface area contributed by atoms with Gasteiger partial charge >= 0.3 is 0 Å². The van der Waals surface area contributed by atoms with Gasteiger partial charge in [-0.1, -0.05) is 38.3 Å². The number of benzene rings is 1. The zero-order chi connectivity index (χ0) is 17.5. The van der Waals surface area contributed by atoms with E-state index in [-0.39, 0.29) is 12.0 Å². The quantitative estimate of drug-likeness (QED) is 0.710. The van der Waals surface area contributed by atoms with E-state index < -0.39 is 0 Å². The maximum Gasteiger partial charge on any atom is 0.249 e. The molecule has 1 N–H and O–H groups in total. The number of ether oxygens (including phenoxy) is 1. The first-order valence-corrected chi connectivity index (χ1v) is 9.63. The van der Waals surface area contributed by atoms with Crippen LogP contribution in [0.2, 0.25) is 0 Å². The molecule has 0 radical (unpaired) electrons. The van der Waals surface area contributed by atoms with Crippen LogP contribution in [-0.4, -0.2) is 34.7 Å². The summed E-state index contributed by atoms with van der Waals surface area (Å²) in [7, 11) is 0. The third-order valence-corrected chi connectivity index (χ3v) is 4.84. The van der Waals surface area contributed by atoms with Crippen molar-refractivity contribution in [2.24, 2.45) is 0 Å². The van der Waals surface area contributed by atoms with E-state index >= 15 is 0 Å². The molecule has 0 bridgehead atoms. The minimum atomic E-state index is -0.257. The minimum Gasteiger partial charge on any atom is -0.368 e. The van der Waals surface area contributed by atoms with Gasteiger partial charge in [-0.05, 0) is 31.4 Å². The zero-order valence-electron chi connectivity index (χ0n) is 15.2. The Morgan fingerprint density at radius 3 is 3.00 bits per heavy atom. The first kappa shape index (κ1) is 17.9. The number of nitrogens with one attached hydrogen (secondary N) is 1. The van der Waals surface area contributed by atoms with Crippen LogP contribution in [0.15, 0.2) is 24.3 Å². The van der Waals surface area contributed by atoms with Crippen molar-refractivity contribution in [2.75, 3.05) is 13.2 Å². The number of unbranched alkanes of at least 4 members (excludes halogenated alkanes) is 3. The third-order valence-electron chi connectivity index (χ3n) is 4.84. The van der Waals surface area contributed by atoms with E-state index in [1.807, 2.05) is 6.07 Å². The highest BCUT2D eigenvalue weighted by Gasteiger charge is 2.23. The van der Waals surface area contributed by atoms with Gasteiger partial charge in [0.1, 0.15) is 11.9 Å². The predicted octanol–water partition coefficient (Wildman–Crippen LogP) is 3.45. The highest BCUT2D eigenvalue weighted by Crippen LogP contribution is 2.18. The second-order valence-electron chi connectivity index (χ2n) is 6.77. The van der Waals surface area contributed by atoms with Gasteiger partial charge in [-0.15, -0.1) is 0 Å². The molecule has 1 amide bonds. The van der Waals surface area contributed by atoms with Gasteiger partial charge in [0, 0.05) is 26.1 Å². The molecule has 0 aliphatic carbocycles. The Hall–Kier alpha value is -1.88. The molecule has 0 saturated carbocycles. The van der Waals surface area contributed by atoms with E-state index in [9.17, 15) is 4.79 Å². The summed E-state index contributed by atoms with van der Waals surface area (Å²) in [6.07, 6.45) is 7.25. The lowest BCUT2D eigenvalue weighted by atomic mass is 10.2. The molecule has 25 heavy (non-hydrogen) atoms. The van der Waals surface area contributed by atoms with Gasteiger partial charge in [-0.2, -0.15) is 0 Å². The normalized spacial score (nSPS) is 17.2. The molecule has 136 valence electrons. The van der Waals surface area contributed by atoms with Crippen molar-refractivity contribution in [1.82, 2.24) is 14.9 Å². The molecule has 5 heteroatoms. The number of rotatable bonds is 9. The fourth-order valence-corrected chi connectivity index (χ4v) is 3.46. The molecule has 1 fully saturated rings. The Kier molecular flexibility index (Phi) is 6.45. The smallest absolute Gasteiger partial charge is 0.249 e. The molecule has 2 aromatic rings. The topological polar surface area (TPSA) is 56.2 Å². The number of para-hydroxylation sites is 2. The van der Waals surface area contributed by atoms with E-state index in [4.69, 9.17) is 9.72 Å². The SMILES string of the molecule is CCCCCCn1c(CCNC(=O)C2CCCO2)nc2ccccc21. The van der Waals surface area contributed by atoms with Crippen LogP contribution in [0.3, 0.4) is 0 Å². The van der Waals surface area contributed by atoms with Crippen LogP contribution in [0.25, 0.3) is 11.0 Å². The monoisotopic (exact) mass is 343 g/mol. The van der Waals surface area contributed by atoms with Crippen molar-refractivity contribution < 1.29 is 9.53 Å². The lowest BCUT2D eigenvalue weighted by Crippen LogP contribution is -2.35. The van der Waals surface area contributed by atoms with Gasteiger partial charge < -0.3 is 14.6 Å². The number of amides is 1. The van der Waals surface area contributed by atoms with Crippen molar-refractivity contribution in [1.29, 1.82) is 0 Å². The molecule has 3 rings (SSSR count). The van der Waals surface area contributed by atoms with Crippen molar-refractivity contribution in [3.8, 4) is 0 Å². The number of imidazole rings is 1. The number of nitrogens with zero attached hydrogens (tertiary/aromatic N) is 2. The molecule has 0 spiro atoms. The van der Waals surface area contributed by atoms with Gasteiger partial charge in [-0.25, -0.2) is 4.98 Å². The Labute approximate surface area is 149 Å². The first-order chi connectivity index (χ1) is 12.3. The molecular weight excluding hydrogens is 314 g/mol. The highest BCUT2D eigenvalue weighted by molar-refractivity contribution is 5.81. The highest BCUT2D eigenvalue weighted by atomic mass is 16.5. The number of aromatic nitrogens is 2. The fraction of sp³-hybridized carbons (Fsp3) is 0.600. The Balaban J connectivity index is 1.61. The Morgan fingerprint density at radius 2 is 2.20 bits per heavy atom. The standard InChI is InChI=1S/C20H29N3O2/c1-2-3-4-7-14-23-17-10-6-5-9-16(17)22-19(23)12-13-21-20(24)18-11-8-15-25-18/h5-6,9-10,18H,2-4,7-8,11-15H2,1H3,(H,21,24). The maximum atomic E-state index is 12.1. The van der Waals surface area contributed by atoms with Crippen molar-refractivity contribution >= 4 is 16.9 Å². The molecule has 5 nitrogen and oxygen atoms in total. The Bertz CT molecular complexity index is 689. The number of carbonyl (C=O) groups is 1. The van der Waals surface area contributed by atoms with Gasteiger partial charge in [0.15, 0.2) is 0 Å². The number of carbonyl (C=O) groups excluding carboxylic acids is 1. The molecule has 2 heterocycles. The van der Waals surface area contributed by atoms with Crippen LogP contribution in [-0.2, 0) is 22.5 Å². The summed E-state index contributed by atoms with van der Waals surface area (Å²) in [5.41, 5.74) is 2.23. The number of hydrogen-bond acceptors (Lipinski definition) is 3. The lowest BCUT2D eigenvalue weighted by molar-refractivity contribution is -0.130. The second kappa shape index (κ2) is 8.99. The van der Waals surface area contributed by atoms with Gasteiger partial charge in [-0.3, -0.25) is 4.79 Å². The van der Waals surface area contributed by atoms with Crippen molar-refractivity contribution in [3.05, 3.63) is 30.1 Å². The van der Waals surface area contributed by atoms with E-state index in [1.165, 1.54) is 31.2 Å². The lowest BCUT2D eigenvalue weighted by Gasteiger charge is -2.12. The van der Waals surface area contributed by atoms with Crippen molar-refractivity contribution in [3.63, 3.8) is 0 Å². The summed E-state index contributed by atoms with van der Waals surface area (Å²) >= 11 is 0. The zero-order valence-corrected chi connectivity index (χ0v) is 15.2. The van der Waals surface area contributed by atoms with Crippen LogP contribution in [0, 0.1) is 0 Å². The first-order valence-electron chi connectivity index (χ1n) is 9.63. The van der Waals surface area contributed by atoms with Gasteiger partial charge in [0.25, 0.3) is 0 Å². The van der Waals surface area contributed by atoms with Crippen LogP contribution in [0.4, 0.5) is 0 Å². The van der Waals surface area contributed by atoms with Crippen molar-refractivity contribution in [2.45, 2.75) is 64.5 Å². The molecule has 1 aromatic heterocycles. The molecule has 1 atom stereocenters. The summed E-state index contributed by atoms with van der Waals surface area (Å²) in [5.74, 6) is 1.08. The van der Waals surface area contributed by atoms with E-state index in [0.29, 0.717) is 13.2 Å². The van der Waals surface area contributed by atoms with Crippen LogP contribution in [0.5, 0.6) is 0 Å². The van der Waals surface area contributed by atoms with E-state index in [0.717, 1.165) is 37.1 Å². The summed E-state index contributed by atoms with van der Waals surface area (Å²) in [6.45, 7) is 4.53. The Morgan fingerprint density at radius 1 is 1.32 bits per heavy atom. The number of hydrogen-bond donors (Lipinski definition) is 1. The average Bonchev–Trinajstić information content (AvgIpc) is 3.27. The van der Waals surface area contributed by atoms with Gasteiger partial charge in [0.2, 0.25) is 5.91 Å². The third kappa shape index (κ3) is 4.60. The molecular formula is C20H29N3O2. The fourth-order valence-electron chi connectivity index (χ4n) is 3.46. The molecule has 1 aliphatic rings. The minimum absolute atomic E-state index is 0.0168. The largest absolute Gasteiger partial charge is 0.368 e. The summed E-state index contributed by atoms with van der Waals surface area (Å²) < 4.78 is 7.76. The molecule has 1 aliphatic heterocycles. The number of fused-ring (bicyclic) bond motifs is 1. The summed E-state index contributed by atoms with van der Waals surface area (Å²) in [4.78, 5) is 16.9. The average molecular weight is 343 g/mol.